The molecule has 1 saturated carbocycles. The molecule has 3 aromatic rings. The molecule has 6 nitrogen and oxygen atoms in total. The molecule has 1 heterocycles. The molecule has 1 atom stereocenters. The van der Waals surface area contributed by atoms with E-state index in [-0.39, 0.29) is 5.91 Å². The number of hydrogen-bond acceptors (Lipinski definition) is 4. The third kappa shape index (κ3) is 4.13. The van der Waals surface area contributed by atoms with E-state index in [1.54, 1.807) is 22.6 Å². The number of benzene rings is 2. The van der Waals surface area contributed by atoms with Gasteiger partial charge in [-0.05, 0) is 57.0 Å². The van der Waals surface area contributed by atoms with Crippen LogP contribution in [-0.2, 0) is 9.53 Å². The third-order valence-electron chi connectivity index (χ3n) is 5.22. The predicted molar refractivity (Wildman–Crippen MR) is 115 cm³/mol. The second-order valence-corrected chi connectivity index (χ2v) is 7.44. The van der Waals surface area contributed by atoms with E-state index < -0.39 is 12.1 Å². The largest absolute Gasteiger partial charge is 0.448 e. The molecule has 0 unspecified atom stereocenters. The molecule has 1 amide bonds. The molecule has 1 fully saturated rings. The summed E-state index contributed by atoms with van der Waals surface area (Å²) in [5, 5.41) is 4.64. The minimum absolute atomic E-state index is 0.259. The summed E-state index contributed by atoms with van der Waals surface area (Å²) in [5.41, 5.74) is 2.79. The van der Waals surface area contributed by atoms with Crippen molar-refractivity contribution in [3.8, 4) is 5.69 Å². The van der Waals surface area contributed by atoms with Crippen LogP contribution in [0.3, 0.4) is 0 Å². The Kier molecular flexibility index (Phi) is 5.65. The lowest BCUT2D eigenvalue weighted by atomic mass is 10.2. The summed E-state index contributed by atoms with van der Waals surface area (Å²) >= 11 is 0. The van der Waals surface area contributed by atoms with E-state index >= 15 is 0 Å². The van der Waals surface area contributed by atoms with E-state index in [4.69, 9.17) is 4.74 Å². The Balaban J connectivity index is 1.55. The molecule has 1 aliphatic rings. The molecule has 30 heavy (non-hydrogen) atoms. The molecule has 2 aromatic carbocycles. The van der Waals surface area contributed by atoms with Gasteiger partial charge < -0.3 is 9.64 Å². The second kappa shape index (κ2) is 8.53. The molecule has 154 valence electrons. The van der Waals surface area contributed by atoms with E-state index in [1.807, 2.05) is 67.6 Å². The number of anilines is 1. The number of rotatable bonds is 7. The fourth-order valence-corrected chi connectivity index (χ4v) is 3.45. The third-order valence-corrected chi connectivity index (χ3v) is 5.22. The van der Waals surface area contributed by atoms with Gasteiger partial charge in [0.05, 0.1) is 11.4 Å². The highest BCUT2D eigenvalue weighted by molar-refractivity contribution is 5.98. The van der Waals surface area contributed by atoms with E-state index in [0.717, 1.165) is 29.9 Å². The van der Waals surface area contributed by atoms with Gasteiger partial charge in [0.15, 0.2) is 11.8 Å². The van der Waals surface area contributed by atoms with Gasteiger partial charge in [0.25, 0.3) is 5.91 Å². The fourth-order valence-electron chi connectivity index (χ4n) is 3.45. The maximum absolute atomic E-state index is 13.0. The Morgan fingerprint density at radius 3 is 2.33 bits per heavy atom. The van der Waals surface area contributed by atoms with Crippen molar-refractivity contribution in [1.82, 2.24) is 9.78 Å². The molecule has 4 rings (SSSR count). The molecule has 6 heteroatoms. The van der Waals surface area contributed by atoms with Crippen LogP contribution in [0.4, 0.5) is 5.69 Å². The summed E-state index contributed by atoms with van der Waals surface area (Å²) in [4.78, 5) is 27.6. The first-order chi connectivity index (χ1) is 14.6. The zero-order chi connectivity index (χ0) is 21.1. The van der Waals surface area contributed by atoms with Crippen molar-refractivity contribution in [2.45, 2.75) is 38.7 Å². The van der Waals surface area contributed by atoms with Gasteiger partial charge in [0.2, 0.25) is 0 Å². The van der Waals surface area contributed by atoms with Crippen molar-refractivity contribution in [1.29, 1.82) is 0 Å². The average molecular weight is 403 g/mol. The first-order valence-electron chi connectivity index (χ1n) is 10.3. The van der Waals surface area contributed by atoms with E-state index in [1.165, 1.54) is 0 Å². The van der Waals surface area contributed by atoms with Gasteiger partial charge in [-0.15, -0.1) is 0 Å². The van der Waals surface area contributed by atoms with Gasteiger partial charge in [0, 0.05) is 18.2 Å². The molecule has 0 aliphatic heterocycles. The molecular weight excluding hydrogens is 378 g/mol. The van der Waals surface area contributed by atoms with Crippen LogP contribution in [0.1, 0.15) is 48.8 Å². The monoisotopic (exact) mass is 403 g/mol. The zero-order valence-electron chi connectivity index (χ0n) is 17.2. The standard InChI is InChI=1S/C24H25N3O3/c1-3-26(19-10-6-4-7-11-19)23(28)17(2)30-24(29)22-16-21(18-14-15-18)25-27(22)20-12-8-5-9-13-20/h4-13,16-18H,3,14-15H2,1-2H3/t17-/m0/s1. The number of carbonyl (C=O) groups is 2. The van der Waals surface area contributed by atoms with E-state index in [2.05, 4.69) is 5.10 Å². The van der Waals surface area contributed by atoms with Crippen LogP contribution < -0.4 is 4.90 Å². The average Bonchev–Trinajstić information content (AvgIpc) is 3.53. The van der Waals surface area contributed by atoms with Gasteiger partial charge >= 0.3 is 5.97 Å². The van der Waals surface area contributed by atoms with Crippen molar-refractivity contribution in [2.24, 2.45) is 0 Å². The van der Waals surface area contributed by atoms with Crippen LogP contribution in [-0.4, -0.2) is 34.3 Å². The van der Waals surface area contributed by atoms with Crippen LogP contribution in [0.2, 0.25) is 0 Å². The quantitative estimate of drug-likeness (QED) is 0.550. The van der Waals surface area contributed by atoms with Crippen LogP contribution >= 0.6 is 0 Å². The number of ether oxygens (including phenoxy) is 1. The smallest absolute Gasteiger partial charge is 0.357 e. The van der Waals surface area contributed by atoms with Crippen molar-refractivity contribution >= 4 is 17.6 Å². The Hall–Kier alpha value is -3.41. The van der Waals surface area contributed by atoms with Gasteiger partial charge in [-0.1, -0.05) is 36.4 Å². The molecule has 0 spiro atoms. The highest BCUT2D eigenvalue weighted by atomic mass is 16.5. The van der Waals surface area contributed by atoms with E-state index in [9.17, 15) is 9.59 Å². The number of hydrogen-bond donors (Lipinski definition) is 0. The summed E-state index contributed by atoms with van der Waals surface area (Å²) in [6, 6.07) is 20.7. The highest BCUT2D eigenvalue weighted by Gasteiger charge is 2.31. The zero-order valence-corrected chi connectivity index (χ0v) is 17.2. The second-order valence-electron chi connectivity index (χ2n) is 7.44. The molecule has 0 radical (unpaired) electrons. The fraction of sp³-hybridized carbons (Fsp3) is 0.292. The summed E-state index contributed by atoms with van der Waals surface area (Å²) in [6.45, 7) is 3.99. The van der Waals surface area contributed by atoms with Gasteiger partial charge in [0.1, 0.15) is 0 Å². The number of carbonyl (C=O) groups excluding carboxylic acids is 2. The minimum atomic E-state index is -0.916. The molecular formula is C24H25N3O3. The Labute approximate surface area is 176 Å². The number of amides is 1. The van der Waals surface area contributed by atoms with Crippen molar-refractivity contribution in [2.75, 3.05) is 11.4 Å². The molecule has 0 saturated heterocycles. The maximum Gasteiger partial charge on any atom is 0.357 e. The predicted octanol–water partition coefficient (Wildman–Crippen LogP) is 4.35. The molecule has 0 bridgehead atoms. The number of para-hydroxylation sites is 2. The minimum Gasteiger partial charge on any atom is -0.448 e. The Morgan fingerprint density at radius 2 is 1.73 bits per heavy atom. The number of aromatic nitrogens is 2. The van der Waals surface area contributed by atoms with Crippen LogP contribution in [0.15, 0.2) is 66.7 Å². The van der Waals surface area contributed by atoms with Gasteiger partial charge in [-0.25, -0.2) is 9.48 Å². The van der Waals surface area contributed by atoms with Crippen molar-refractivity contribution in [3.63, 3.8) is 0 Å². The lowest BCUT2D eigenvalue weighted by Crippen LogP contribution is -2.40. The first kappa shape index (κ1) is 19.9. The van der Waals surface area contributed by atoms with Gasteiger partial charge in [-0.3, -0.25) is 4.79 Å². The Morgan fingerprint density at radius 1 is 1.10 bits per heavy atom. The molecule has 1 aromatic heterocycles. The summed E-state index contributed by atoms with van der Waals surface area (Å²) < 4.78 is 7.20. The number of nitrogens with zero attached hydrogens (tertiary/aromatic N) is 3. The number of likely N-dealkylation sites (N-methyl/N-ethyl adjacent to an activating group) is 1. The Bertz CT molecular complexity index is 1030. The summed E-state index contributed by atoms with van der Waals surface area (Å²) in [5.74, 6) is -0.414. The van der Waals surface area contributed by atoms with Crippen LogP contribution in [0.25, 0.3) is 5.69 Å². The topological polar surface area (TPSA) is 64.4 Å². The SMILES string of the molecule is CCN(C(=O)[C@H](C)OC(=O)c1cc(C2CC2)nn1-c1ccccc1)c1ccccc1. The lowest BCUT2D eigenvalue weighted by molar-refractivity contribution is -0.126. The molecule has 0 N–H and O–H groups in total. The van der Waals surface area contributed by atoms with Crippen molar-refractivity contribution in [3.05, 3.63) is 78.1 Å². The highest BCUT2D eigenvalue weighted by Crippen LogP contribution is 2.39. The van der Waals surface area contributed by atoms with Gasteiger partial charge in [-0.2, -0.15) is 5.10 Å². The van der Waals surface area contributed by atoms with E-state index in [0.29, 0.717) is 18.2 Å². The van der Waals surface area contributed by atoms with Crippen LogP contribution in [0, 0.1) is 0 Å². The summed E-state index contributed by atoms with van der Waals surface area (Å²) in [6.07, 6.45) is 1.25. The molecule has 1 aliphatic carbocycles. The maximum atomic E-state index is 13.0. The van der Waals surface area contributed by atoms with Crippen LogP contribution in [0.5, 0.6) is 0 Å². The lowest BCUT2D eigenvalue weighted by Gasteiger charge is -2.24. The first-order valence-corrected chi connectivity index (χ1v) is 10.3. The van der Waals surface area contributed by atoms with Crippen molar-refractivity contribution < 1.29 is 14.3 Å². The summed E-state index contributed by atoms with van der Waals surface area (Å²) in [7, 11) is 0. The normalized spacial score (nSPS) is 14.2. The number of esters is 1.